The van der Waals surface area contributed by atoms with Crippen LogP contribution in [0.3, 0.4) is 0 Å². The van der Waals surface area contributed by atoms with Crippen molar-refractivity contribution in [1.82, 2.24) is 0 Å². The van der Waals surface area contributed by atoms with Crippen LogP contribution in [0, 0.1) is 0 Å². The van der Waals surface area contributed by atoms with Gasteiger partial charge in [-0.25, -0.2) is 0 Å². The highest BCUT2D eigenvalue weighted by Gasteiger charge is 2.32. The molecule has 7 heteroatoms. The summed E-state index contributed by atoms with van der Waals surface area (Å²) in [6.45, 7) is 9.18. The predicted octanol–water partition coefficient (Wildman–Crippen LogP) is 9.39. The molecule has 0 amide bonds. The minimum atomic E-state index is -1.62. The average Bonchev–Trinajstić information content (AvgIpc) is 3.33. The van der Waals surface area contributed by atoms with Gasteiger partial charge in [0.05, 0.1) is 6.61 Å². The normalized spacial score (nSPS) is 14.7. The van der Waals surface area contributed by atoms with E-state index < -0.39 is 8.60 Å². The van der Waals surface area contributed by atoms with Gasteiger partial charge in [0.2, 0.25) is 9.03 Å². The van der Waals surface area contributed by atoms with Crippen LogP contribution in [0.1, 0.15) is 44.4 Å². The second-order valence-corrected chi connectivity index (χ2v) is 11.7. The molecule has 196 valence electrons. The molecule has 38 heavy (non-hydrogen) atoms. The Morgan fingerprint density at radius 3 is 2.18 bits per heavy atom. The standard InChI is InChI=1S/C31H32O5P2/c1-5-22-11-10-12-23(19-22)21-32-37-33-27-15-8-6-13-25(27)26-14-7-9-16-28(26)34-38-35-29-18-17-24(31(2,3)4)20-30(29)36-38/h6-20,37H,5,21H2,1-4H3. The fraction of sp³-hybridized carbons (Fsp3) is 0.226. The third kappa shape index (κ3) is 6.30. The van der Waals surface area contributed by atoms with Gasteiger partial charge in [-0.15, -0.1) is 0 Å². The molecule has 0 saturated heterocycles. The molecule has 0 spiro atoms. The first kappa shape index (κ1) is 26.5. The maximum atomic E-state index is 6.26. The molecule has 0 radical (unpaired) electrons. The number of para-hydroxylation sites is 2. The van der Waals surface area contributed by atoms with Crippen LogP contribution in [-0.2, 0) is 23.0 Å². The molecule has 0 aromatic heterocycles. The van der Waals surface area contributed by atoms with Crippen molar-refractivity contribution in [3.63, 3.8) is 0 Å². The predicted molar refractivity (Wildman–Crippen MR) is 155 cm³/mol. The first-order chi connectivity index (χ1) is 18.4. The van der Waals surface area contributed by atoms with Gasteiger partial charge < -0.3 is 22.6 Å². The number of rotatable bonds is 9. The molecule has 2 unspecified atom stereocenters. The molecule has 1 heterocycles. The van der Waals surface area contributed by atoms with E-state index in [0.29, 0.717) is 23.9 Å². The summed E-state index contributed by atoms with van der Waals surface area (Å²) in [4.78, 5) is 0. The topological polar surface area (TPSA) is 46.2 Å². The molecular formula is C31H32O5P2. The zero-order valence-electron chi connectivity index (χ0n) is 22.1. The molecule has 5 rings (SSSR count). The highest BCUT2D eigenvalue weighted by Crippen LogP contribution is 2.54. The smallest absolute Gasteiger partial charge is 0.449 e. The van der Waals surface area contributed by atoms with Crippen molar-refractivity contribution in [1.29, 1.82) is 0 Å². The zero-order chi connectivity index (χ0) is 26.5. The third-order valence-electron chi connectivity index (χ3n) is 6.24. The van der Waals surface area contributed by atoms with E-state index in [4.69, 9.17) is 22.6 Å². The Kier molecular flexibility index (Phi) is 8.19. The van der Waals surface area contributed by atoms with Crippen molar-refractivity contribution in [2.75, 3.05) is 0 Å². The summed E-state index contributed by atoms with van der Waals surface area (Å²) in [7, 11) is -1.76. The van der Waals surface area contributed by atoms with Crippen molar-refractivity contribution in [3.8, 4) is 34.1 Å². The van der Waals surface area contributed by atoms with Crippen LogP contribution in [0.25, 0.3) is 11.1 Å². The molecule has 4 aromatic carbocycles. The van der Waals surface area contributed by atoms with Crippen molar-refractivity contribution in [3.05, 3.63) is 108 Å². The lowest BCUT2D eigenvalue weighted by molar-refractivity contribution is 0.319. The molecular weight excluding hydrogens is 514 g/mol. The lowest BCUT2D eigenvalue weighted by atomic mass is 9.87. The third-order valence-corrected chi connectivity index (χ3v) is 7.84. The zero-order valence-corrected chi connectivity index (χ0v) is 24.0. The second kappa shape index (κ2) is 11.7. The number of hydrogen-bond acceptors (Lipinski definition) is 5. The molecule has 1 aliphatic heterocycles. The highest BCUT2D eigenvalue weighted by molar-refractivity contribution is 7.43. The van der Waals surface area contributed by atoms with Gasteiger partial charge in [0.1, 0.15) is 11.5 Å². The number of hydrogen-bond donors (Lipinski definition) is 0. The van der Waals surface area contributed by atoms with E-state index in [-0.39, 0.29) is 14.4 Å². The van der Waals surface area contributed by atoms with E-state index in [1.807, 2.05) is 60.7 Å². The van der Waals surface area contributed by atoms with Gasteiger partial charge in [0, 0.05) is 11.1 Å². The lowest BCUT2D eigenvalue weighted by Crippen LogP contribution is -2.10. The van der Waals surface area contributed by atoms with Crippen molar-refractivity contribution < 1.29 is 22.6 Å². The summed E-state index contributed by atoms with van der Waals surface area (Å²) < 4.78 is 30.3. The van der Waals surface area contributed by atoms with Crippen molar-refractivity contribution in [2.24, 2.45) is 0 Å². The highest BCUT2D eigenvalue weighted by atomic mass is 31.2. The van der Waals surface area contributed by atoms with Crippen LogP contribution in [0.2, 0.25) is 0 Å². The molecule has 1 aliphatic rings. The number of fused-ring (bicyclic) bond motifs is 1. The minimum absolute atomic E-state index is 0.0187. The molecule has 0 aliphatic carbocycles. The Labute approximate surface area is 228 Å². The van der Waals surface area contributed by atoms with Gasteiger partial charge in [0.15, 0.2) is 11.5 Å². The molecule has 0 saturated carbocycles. The SMILES string of the molecule is CCc1cccc(COPOc2ccccc2-c2ccccc2OP2Oc3ccc(C(C)(C)C)cc3O2)c1. The first-order valence-electron chi connectivity index (χ1n) is 12.7. The molecule has 4 aromatic rings. The van der Waals surface area contributed by atoms with E-state index in [1.165, 1.54) is 11.1 Å². The first-order valence-corrected chi connectivity index (χ1v) is 14.6. The molecule has 0 fully saturated rings. The molecule has 5 nitrogen and oxygen atoms in total. The largest absolute Gasteiger partial charge is 0.530 e. The fourth-order valence-electron chi connectivity index (χ4n) is 4.09. The number of aryl methyl sites for hydroxylation is 1. The van der Waals surface area contributed by atoms with Crippen molar-refractivity contribution in [2.45, 2.75) is 46.1 Å². The summed E-state index contributed by atoms with van der Waals surface area (Å²) in [6.07, 6.45) is 1.00. The molecule has 0 bridgehead atoms. The van der Waals surface area contributed by atoms with Gasteiger partial charge in [-0.05, 0) is 52.8 Å². The van der Waals surface area contributed by atoms with E-state index in [2.05, 4.69) is 58.0 Å². The van der Waals surface area contributed by atoms with Crippen LogP contribution in [0.5, 0.6) is 23.0 Å². The maximum absolute atomic E-state index is 6.26. The Bertz CT molecular complexity index is 1400. The van der Waals surface area contributed by atoms with E-state index in [1.54, 1.807) is 0 Å². The Balaban J connectivity index is 1.27. The summed E-state index contributed by atoms with van der Waals surface area (Å²) >= 11 is 0. The van der Waals surface area contributed by atoms with Crippen LogP contribution in [-0.4, -0.2) is 0 Å². The fourth-order valence-corrected chi connectivity index (χ4v) is 5.69. The summed E-state index contributed by atoms with van der Waals surface area (Å²) in [5.41, 5.74) is 5.45. The van der Waals surface area contributed by atoms with E-state index >= 15 is 0 Å². The Hall–Kier alpha value is -3.10. The van der Waals surface area contributed by atoms with E-state index in [0.717, 1.165) is 28.9 Å². The van der Waals surface area contributed by atoms with Gasteiger partial charge in [0.25, 0.3) is 0 Å². The Morgan fingerprint density at radius 2 is 1.42 bits per heavy atom. The summed E-state index contributed by atoms with van der Waals surface area (Å²) in [5.74, 6) is 2.81. The molecule has 0 N–H and O–H groups in total. The van der Waals surface area contributed by atoms with E-state index in [9.17, 15) is 0 Å². The Morgan fingerprint density at radius 1 is 0.737 bits per heavy atom. The quantitative estimate of drug-likeness (QED) is 0.155. The summed E-state index contributed by atoms with van der Waals surface area (Å²) in [6, 6.07) is 30.2. The monoisotopic (exact) mass is 546 g/mol. The summed E-state index contributed by atoms with van der Waals surface area (Å²) in [5, 5.41) is 0. The lowest BCUT2D eigenvalue weighted by Gasteiger charge is -2.18. The van der Waals surface area contributed by atoms with Crippen LogP contribution < -0.4 is 18.1 Å². The number of benzene rings is 4. The average molecular weight is 547 g/mol. The van der Waals surface area contributed by atoms with Crippen LogP contribution in [0.4, 0.5) is 0 Å². The van der Waals surface area contributed by atoms with Gasteiger partial charge in [-0.2, -0.15) is 0 Å². The second-order valence-electron chi connectivity index (χ2n) is 10.0. The molecule has 2 atom stereocenters. The maximum Gasteiger partial charge on any atom is 0.530 e. The van der Waals surface area contributed by atoms with Gasteiger partial charge >= 0.3 is 8.60 Å². The minimum Gasteiger partial charge on any atom is -0.449 e. The van der Waals surface area contributed by atoms with Crippen LogP contribution in [0.15, 0.2) is 91.0 Å². The van der Waals surface area contributed by atoms with Crippen molar-refractivity contribution >= 4 is 17.6 Å². The van der Waals surface area contributed by atoms with Crippen LogP contribution >= 0.6 is 17.6 Å². The van der Waals surface area contributed by atoms with Gasteiger partial charge in [-0.1, -0.05) is 94.4 Å². The van der Waals surface area contributed by atoms with Gasteiger partial charge in [-0.3, -0.25) is 0 Å².